The number of anilines is 4. The molecule has 0 aliphatic carbocycles. The molecule has 3 aromatic rings. The quantitative estimate of drug-likeness (QED) is 0.246. The Morgan fingerprint density at radius 1 is 1.23 bits per heavy atom. The lowest BCUT2D eigenvalue weighted by molar-refractivity contribution is -0.111. The molecule has 1 amide bonds. The Kier molecular flexibility index (Phi) is 7.15. The maximum Gasteiger partial charge on any atom is 0.249 e. The summed E-state index contributed by atoms with van der Waals surface area (Å²) in [5, 5.41) is 20.4. The summed E-state index contributed by atoms with van der Waals surface area (Å²) in [7, 11) is 0. The number of carbonyl (C=O) groups excluding carboxylic acids is 1. The Morgan fingerprint density at radius 2 is 2.09 bits per heavy atom. The fraction of sp³-hybridized carbons (Fsp3) is 0.154. The van der Waals surface area contributed by atoms with Gasteiger partial charge in [0.15, 0.2) is 0 Å². The summed E-state index contributed by atoms with van der Waals surface area (Å²) >= 11 is 0. The zero-order valence-electron chi connectivity index (χ0n) is 19.4. The molecule has 9 heteroatoms. The van der Waals surface area contributed by atoms with Crippen molar-refractivity contribution < 1.29 is 9.18 Å². The van der Waals surface area contributed by atoms with Crippen molar-refractivity contribution >= 4 is 40.8 Å². The Hall–Kier alpha value is -4.53. The maximum atomic E-state index is 13.5. The van der Waals surface area contributed by atoms with E-state index in [1.54, 1.807) is 31.3 Å². The third kappa shape index (κ3) is 5.89. The normalized spacial score (nSPS) is 14.5. The highest BCUT2D eigenvalue weighted by Crippen LogP contribution is 2.26. The van der Waals surface area contributed by atoms with E-state index in [1.807, 2.05) is 31.2 Å². The van der Waals surface area contributed by atoms with E-state index in [2.05, 4.69) is 31.2 Å². The fourth-order valence-corrected chi connectivity index (χ4v) is 3.68. The molecule has 1 atom stereocenters. The number of aliphatic imine (C=N–C) groups is 1. The van der Waals surface area contributed by atoms with E-state index in [1.165, 1.54) is 24.4 Å². The van der Waals surface area contributed by atoms with Gasteiger partial charge in [0.2, 0.25) is 5.91 Å². The lowest BCUT2D eigenvalue weighted by atomic mass is 10.1. The summed E-state index contributed by atoms with van der Waals surface area (Å²) in [4.78, 5) is 20.9. The van der Waals surface area contributed by atoms with Crippen molar-refractivity contribution in [1.29, 1.82) is 5.41 Å². The highest BCUT2D eigenvalue weighted by atomic mass is 19.1. The van der Waals surface area contributed by atoms with Gasteiger partial charge in [0.05, 0.1) is 11.9 Å². The minimum Gasteiger partial charge on any atom is -0.380 e. The van der Waals surface area contributed by atoms with Crippen LogP contribution >= 0.6 is 0 Å². The molecule has 35 heavy (non-hydrogen) atoms. The van der Waals surface area contributed by atoms with E-state index in [4.69, 9.17) is 5.41 Å². The van der Waals surface area contributed by atoms with Crippen molar-refractivity contribution in [3.63, 3.8) is 0 Å². The molecular formula is C26H26FN7O. The van der Waals surface area contributed by atoms with Crippen LogP contribution in [0.25, 0.3) is 0 Å². The third-order valence-electron chi connectivity index (χ3n) is 5.26. The standard InChI is InChI=1S/C26H26FN7O/c1-3-5-25(35)34-24-12-21-23(15-30-24)31-16(2)32-26(21)33-20-8-9-22(18(11-20)13-28)29-14-17-6-4-7-19(27)10-17/h3-13,15-16,28-29,31H,14H2,1-2H3,(H,32,33)(H,30,34,35)/b5-3+,28-13?. The lowest BCUT2D eigenvalue weighted by Crippen LogP contribution is -2.28. The molecule has 0 saturated heterocycles. The predicted octanol–water partition coefficient (Wildman–Crippen LogP) is 4.98. The van der Waals surface area contributed by atoms with E-state index in [0.717, 1.165) is 28.2 Å². The molecule has 5 N–H and O–H groups in total. The molecule has 4 rings (SSSR count). The summed E-state index contributed by atoms with van der Waals surface area (Å²) in [5.74, 6) is 0.481. The Morgan fingerprint density at radius 3 is 2.86 bits per heavy atom. The molecule has 178 valence electrons. The number of hydrogen-bond donors (Lipinski definition) is 5. The van der Waals surface area contributed by atoms with Gasteiger partial charge in [-0.3, -0.25) is 4.79 Å². The molecule has 0 spiro atoms. The topological polar surface area (TPSA) is 114 Å². The van der Waals surface area contributed by atoms with Gasteiger partial charge < -0.3 is 26.7 Å². The van der Waals surface area contributed by atoms with Gasteiger partial charge in [0, 0.05) is 35.3 Å². The Balaban J connectivity index is 1.54. The second kappa shape index (κ2) is 10.6. The Bertz CT molecular complexity index is 1320. The van der Waals surface area contributed by atoms with E-state index < -0.39 is 0 Å². The van der Waals surface area contributed by atoms with Crippen LogP contribution in [0.4, 0.5) is 27.3 Å². The number of allylic oxidation sites excluding steroid dienone is 1. The van der Waals surface area contributed by atoms with Gasteiger partial charge in [-0.15, -0.1) is 0 Å². The maximum absolute atomic E-state index is 13.5. The van der Waals surface area contributed by atoms with E-state index in [9.17, 15) is 9.18 Å². The Labute approximate surface area is 202 Å². The first kappa shape index (κ1) is 23.6. The van der Waals surface area contributed by atoms with Gasteiger partial charge in [-0.05, 0) is 61.9 Å². The summed E-state index contributed by atoms with van der Waals surface area (Å²) in [5.41, 5.74) is 4.54. The summed E-state index contributed by atoms with van der Waals surface area (Å²) < 4.78 is 13.5. The number of fused-ring (bicyclic) bond motifs is 1. The van der Waals surface area contributed by atoms with Crippen LogP contribution in [0.3, 0.4) is 0 Å². The summed E-state index contributed by atoms with van der Waals surface area (Å²) in [6.07, 6.45) is 5.83. The molecule has 0 radical (unpaired) electrons. The molecule has 1 unspecified atom stereocenters. The van der Waals surface area contributed by atoms with Crippen LogP contribution in [-0.2, 0) is 11.3 Å². The van der Waals surface area contributed by atoms with Gasteiger partial charge in [-0.2, -0.15) is 0 Å². The number of nitrogens with zero attached hydrogens (tertiary/aromatic N) is 2. The summed E-state index contributed by atoms with van der Waals surface area (Å²) in [6.45, 7) is 4.13. The van der Waals surface area contributed by atoms with Crippen LogP contribution < -0.4 is 21.3 Å². The van der Waals surface area contributed by atoms with Crippen LogP contribution in [0.5, 0.6) is 0 Å². The van der Waals surface area contributed by atoms with Gasteiger partial charge in [0.25, 0.3) is 0 Å². The van der Waals surface area contributed by atoms with Crippen LogP contribution in [-0.4, -0.2) is 29.1 Å². The van der Waals surface area contributed by atoms with Crippen LogP contribution in [0.2, 0.25) is 0 Å². The number of aromatic nitrogens is 1. The molecule has 1 aromatic heterocycles. The van der Waals surface area contributed by atoms with Crippen LogP contribution in [0.1, 0.15) is 30.5 Å². The van der Waals surface area contributed by atoms with Crippen LogP contribution in [0.15, 0.2) is 71.9 Å². The molecule has 0 bridgehead atoms. The number of hydrogen-bond acceptors (Lipinski definition) is 7. The highest BCUT2D eigenvalue weighted by Gasteiger charge is 2.20. The van der Waals surface area contributed by atoms with E-state index in [0.29, 0.717) is 23.8 Å². The third-order valence-corrected chi connectivity index (χ3v) is 5.26. The first-order valence-corrected chi connectivity index (χ1v) is 11.1. The number of rotatable bonds is 7. The number of amides is 1. The fourth-order valence-electron chi connectivity index (χ4n) is 3.68. The molecule has 2 aromatic carbocycles. The van der Waals surface area contributed by atoms with Crippen molar-refractivity contribution in [2.75, 3.05) is 21.3 Å². The first-order valence-electron chi connectivity index (χ1n) is 11.1. The molecule has 1 aliphatic heterocycles. The zero-order chi connectivity index (χ0) is 24.8. The molecule has 0 fully saturated rings. The van der Waals surface area contributed by atoms with Crippen molar-refractivity contribution in [3.05, 3.63) is 89.4 Å². The highest BCUT2D eigenvalue weighted by molar-refractivity contribution is 6.13. The zero-order valence-corrected chi connectivity index (χ0v) is 19.4. The van der Waals surface area contributed by atoms with Gasteiger partial charge >= 0.3 is 0 Å². The van der Waals surface area contributed by atoms with Crippen molar-refractivity contribution in [2.24, 2.45) is 4.99 Å². The van der Waals surface area contributed by atoms with Gasteiger partial charge in [-0.25, -0.2) is 14.4 Å². The number of pyridine rings is 1. The second-order valence-corrected chi connectivity index (χ2v) is 7.96. The number of halogens is 1. The minimum absolute atomic E-state index is 0.176. The molecule has 8 nitrogen and oxygen atoms in total. The predicted molar refractivity (Wildman–Crippen MR) is 139 cm³/mol. The molecular weight excluding hydrogens is 445 g/mol. The number of amidine groups is 1. The SMILES string of the molecule is C/C=C/C(=O)Nc1cc2c(cn1)NC(C)N=C2Nc1ccc(NCc2cccc(F)c2)c(C=N)c1. The van der Waals surface area contributed by atoms with Crippen molar-refractivity contribution in [1.82, 2.24) is 4.98 Å². The number of benzene rings is 2. The van der Waals surface area contributed by atoms with Crippen molar-refractivity contribution in [3.8, 4) is 0 Å². The number of nitrogens with one attached hydrogen (secondary N) is 5. The first-order chi connectivity index (χ1) is 16.9. The average Bonchev–Trinajstić information content (AvgIpc) is 2.83. The minimum atomic E-state index is -0.284. The lowest BCUT2D eigenvalue weighted by Gasteiger charge is -2.24. The second-order valence-electron chi connectivity index (χ2n) is 7.96. The van der Waals surface area contributed by atoms with E-state index in [-0.39, 0.29) is 17.9 Å². The molecule has 0 saturated carbocycles. The molecule has 2 heterocycles. The van der Waals surface area contributed by atoms with Gasteiger partial charge in [0.1, 0.15) is 23.6 Å². The van der Waals surface area contributed by atoms with E-state index >= 15 is 0 Å². The van der Waals surface area contributed by atoms with Gasteiger partial charge in [-0.1, -0.05) is 18.2 Å². The molecule has 1 aliphatic rings. The summed E-state index contributed by atoms with van der Waals surface area (Å²) in [6, 6.07) is 13.7. The van der Waals surface area contributed by atoms with Crippen molar-refractivity contribution in [2.45, 2.75) is 26.6 Å². The van der Waals surface area contributed by atoms with Crippen LogP contribution in [0, 0.1) is 11.2 Å². The largest absolute Gasteiger partial charge is 0.380 e. The smallest absolute Gasteiger partial charge is 0.249 e. The monoisotopic (exact) mass is 471 g/mol. The number of carbonyl (C=O) groups is 1. The average molecular weight is 472 g/mol.